The first kappa shape index (κ1) is 11.3. The van der Waals surface area contributed by atoms with Gasteiger partial charge in [0.2, 0.25) is 11.8 Å². The summed E-state index contributed by atoms with van der Waals surface area (Å²) in [4.78, 5) is 12.5. The first-order chi connectivity index (χ1) is 9.34. The van der Waals surface area contributed by atoms with Crippen molar-refractivity contribution in [3.8, 4) is 5.88 Å². The molecule has 5 nitrogen and oxygen atoms in total. The maximum atomic E-state index is 5.86. The Labute approximate surface area is 112 Å². The molecule has 1 aromatic heterocycles. The highest BCUT2D eigenvalue weighted by Gasteiger charge is 2.50. The van der Waals surface area contributed by atoms with Crippen LogP contribution in [0.3, 0.4) is 0 Å². The number of aromatic nitrogens is 1. The average Bonchev–Trinajstić information content (AvgIpc) is 2.84. The monoisotopic (exact) mass is 259 g/mol. The van der Waals surface area contributed by atoms with Gasteiger partial charge in [0.05, 0.1) is 0 Å². The lowest BCUT2D eigenvalue weighted by Crippen LogP contribution is -2.58. The lowest BCUT2D eigenvalue weighted by Gasteiger charge is -2.48. The summed E-state index contributed by atoms with van der Waals surface area (Å²) in [6.07, 6.45) is 6.22. The molecular formula is C14H17N3O2. The SMILES string of the molecule is C1=C(Oc2ccccn2)NOC12CN1CCC2CC1. The normalized spacial score (nSPS) is 36.1. The molecule has 100 valence electrons. The van der Waals surface area contributed by atoms with Gasteiger partial charge in [0.15, 0.2) is 0 Å². The van der Waals surface area contributed by atoms with Gasteiger partial charge in [-0.1, -0.05) is 6.07 Å². The minimum absolute atomic E-state index is 0.208. The van der Waals surface area contributed by atoms with E-state index < -0.39 is 0 Å². The van der Waals surface area contributed by atoms with Crippen LogP contribution >= 0.6 is 0 Å². The number of nitrogens with one attached hydrogen (secondary N) is 1. The number of fused-ring (bicyclic) bond motifs is 2. The summed E-state index contributed by atoms with van der Waals surface area (Å²) in [7, 11) is 0. The van der Waals surface area contributed by atoms with Crippen LogP contribution in [-0.4, -0.2) is 35.1 Å². The highest BCUT2D eigenvalue weighted by molar-refractivity contribution is 5.20. The van der Waals surface area contributed by atoms with E-state index in [1.54, 1.807) is 6.20 Å². The quantitative estimate of drug-likeness (QED) is 0.867. The molecule has 1 N–H and O–H groups in total. The van der Waals surface area contributed by atoms with Gasteiger partial charge in [-0.25, -0.2) is 10.5 Å². The van der Waals surface area contributed by atoms with Crippen LogP contribution in [0.5, 0.6) is 5.88 Å². The van der Waals surface area contributed by atoms with Gasteiger partial charge in [0, 0.05) is 24.9 Å². The van der Waals surface area contributed by atoms with Crippen molar-refractivity contribution in [2.24, 2.45) is 5.92 Å². The topological polar surface area (TPSA) is 46.6 Å². The highest BCUT2D eigenvalue weighted by atomic mass is 16.7. The Kier molecular flexibility index (Phi) is 2.50. The van der Waals surface area contributed by atoms with Gasteiger partial charge in [-0.15, -0.1) is 0 Å². The fourth-order valence-corrected chi connectivity index (χ4v) is 3.33. The second-order valence-electron chi connectivity index (χ2n) is 5.49. The number of nitrogens with zero attached hydrogens (tertiary/aromatic N) is 2. The molecule has 5 heteroatoms. The molecule has 5 heterocycles. The summed E-state index contributed by atoms with van der Waals surface area (Å²) >= 11 is 0. The van der Waals surface area contributed by atoms with Crippen LogP contribution in [0.2, 0.25) is 0 Å². The molecule has 19 heavy (non-hydrogen) atoms. The minimum Gasteiger partial charge on any atom is -0.421 e. The van der Waals surface area contributed by atoms with Crippen LogP contribution in [0.15, 0.2) is 36.4 Å². The van der Waals surface area contributed by atoms with Crippen LogP contribution in [0.25, 0.3) is 0 Å². The van der Waals surface area contributed by atoms with Crippen molar-refractivity contribution in [2.45, 2.75) is 18.4 Å². The maximum absolute atomic E-state index is 5.86. The summed E-state index contributed by atoms with van der Waals surface area (Å²) in [6, 6.07) is 5.61. The summed E-state index contributed by atoms with van der Waals surface area (Å²) in [6.45, 7) is 3.35. The molecule has 1 atom stereocenters. The fourth-order valence-electron chi connectivity index (χ4n) is 3.33. The molecule has 3 fully saturated rings. The van der Waals surface area contributed by atoms with Crippen LogP contribution in [0.1, 0.15) is 12.8 Å². The third-order valence-corrected chi connectivity index (χ3v) is 4.32. The Morgan fingerprint density at radius 3 is 2.95 bits per heavy atom. The molecule has 0 aromatic carbocycles. The molecule has 1 unspecified atom stereocenters. The first-order valence-corrected chi connectivity index (χ1v) is 6.82. The lowest BCUT2D eigenvalue weighted by atomic mass is 9.75. The fraction of sp³-hybridized carbons (Fsp3) is 0.500. The largest absolute Gasteiger partial charge is 0.421 e. The van der Waals surface area contributed by atoms with Crippen LogP contribution in [-0.2, 0) is 4.84 Å². The van der Waals surface area contributed by atoms with Gasteiger partial charge in [0.25, 0.3) is 0 Å². The number of hydrogen-bond acceptors (Lipinski definition) is 5. The van der Waals surface area contributed by atoms with Crippen molar-refractivity contribution in [3.63, 3.8) is 0 Å². The van der Waals surface area contributed by atoms with E-state index in [9.17, 15) is 0 Å². The van der Waals surface area contributed by atoms with E-state index in [1.807, 2.05) is 18.2 Å². The van der Waals surface area contributed by atoms with Crippen molar-refractivity contribution >= 4 is 0 Å². The van der Waals surface area contributed by atoms with Crippen molar-refractivity contribution in [1.82, 2.24) is 15.4 Å². The zero-order valence-electron chi connectivity index (χ0n) is 10.7. The molecule has 1 spiro atoms. The van der Waals surface area contributed by atoms with Gasteiger partial charge < -0.3 is 4.74 Å². The molecular weight excluding hydrogens is 242 g/mol. The molecule has 4 aliphatic rings. The van der Waals surface area contributed by atoms with Gasteiger partial charge in [0.1, 0.15) is 5.60 Å². The molecule has 3 saturated heterocycles. The lowest BCUT2D eigenvalue weighted by molar-refractivity contribution is -0.141. The van der Waals surface area contributed by atoms with E-state index in [0.717, 1.165) is 6.54 Å². The second kappa shape index (κ2) is 4.21. The van der Waals surface area contributed by atoms with Crippen molar-refractivity contribution in [1.29, 1.82) is 0 Å². The van der Waals surface area contributed by atoms with E-state index >= 15 is 0 Å². The molecule has 0 radical (unpaired) electrons. The van der Waals surface area contributed by atoms with Crippen LogP contribution in [0, 0.1) is 5.92 Å². The Morgan fingerprint density at radius 2 is 2.26 bits per heavy atom. The van der Waals surface area contributed by atoms with Gasteiger partial charge in [-0.2, -0.15) is 0 Å². The zero-order valence-corrected chi connectivity index (χ0v) is 10.7. The van der Waals surface area contributed by atoms with E-state index in [1.165, 1.54) is 25.9 Å². The molecule has 0 saturated carbocycles. The predicted octanol–water partition coefficient (Wildman–Crippen LogP) is 1.30. The van der Waals surface area contributed by atoms with Gasteiger partial charge in [-0.05, 0) is 37.9 Å². The van der Waals surface area contributed by atoms with E-state index in [4.69, 9.17) is 9.57 Å². The standard InChI is InChI=1S/C14H17N3O2/c1-2-6-15-12(3-1)18-13-9-14(19-16-13)10-17-7-4-11(14)5-8-17/h1-3,6,9,11,16H,4-5,7-8,10H2. The molecule has 4 aliphatic heterocycles. The highest BCUT2D eigenvalue weighted by Crippen LogP contribution is 2.41. The average molecular weight is 259 g/mol. The van der Waals surface area contributed by atoms with Crippen molar-refractivity contribution in [3.05, 3.63) is 36.4 Å². The van der Waals surface area contributed by atoms with E-state index in [0.29, 0.717) is 17.7 Å². The molecule has 0 amide bonds. The third-order valence-electron chi connectivity index (χ3n) is 4.32. The number of hydrogen-bond donors (Lipinski definition) is 1. The zero-order chi connectivity index (χ0) is 12.7. The smallest absolute Gasteiger partial charge is 0.221 e. The Balaban J connectivity index is 1.55. The van der Waals surface area contributed by atoms with E-state index in [-0.39, 0.29) is 5.60 Å². The first-order valence-electron chi connectivity index (χ1n) is 6.82. The Hall–Kier alpha value is -1.59. The number of hydroxylamine groups is 1. The predicted molar refractivity (Wildman–Crippen MR) is 69.1 cm³/mol. The number of ether oxygens (including phenoxy) is 1. The van der Waals surface area contributed by atoms with Crippen molar-refractivity contribution in [2.75, 3.05) is 19.6 Å². The third kappa shape index (κ3) is 1.89. The Bertz CT molecular complexity index is 497. The number of rotatable bonds is 2. The summed E-state index contributed by atoms with van der Waals surface area (Å²) in [5, 5.41) is 0. The minimum atomic E-state index is -0.208. The Morgan fingerprint density at radius 1 is 1.37 bits per heavy atom. The summed E-state index contributed by atoms with van der Waals surface area (Å²) < 4.78 is 5.71. The number of pyridine rings is 1. The van der Waals surface area contributed by atoms with Crippen LogP contribution in [0.4, 0.5) is 0 Å². The molecule has 5 rings (SSSR count). The summed E-state index contributed by atoms with van der Waals surface area (Å²) in [5.74, 6) is 1.84. The van der Waals surface area contributed by atoms with Crippen molar-refractivity contribution < 1.29 is 9.57 Å². The molecule has 2 bridgehead atoms. The van der Waals surface area contributed by atoms with E-state index in [2.05, 4.69) is 21.4 Å². The molecule has 0 aliphatic carbocycles. The maximum Gasteiger partial charge on any atom is 0.221 e. The van der Waals surface area contributed by atoms with Crippen LogP contribution < -0.4 is 10.2 Å². The molecule has 1 aromatic rings. The summed E-state index contributed by atoms with van der Waals surface area (Å²) in [5.41, 5.74) is 2.71. The second-order valence-corrected chi connectivity index (χ2v) is 5.49. The van der Waals surface area contributed by atoms with Gasteiger partial charge >= 0.3 is 0 Å². The number of piperidine rings is 3. The van der Waals surface area contributed by atoms with Gasteiger partial charge in [-0.3, -0.25) is 9.74 Å².